The molecule has 0 aromatic heterocycles. The maximum Gasteiger partial charge on any atom is 0.0109 e. The SMILES string of the molecule is CCCN1CCCN(CCCN)CC1. The predicted molar refractivity (Wildman–Crippen MR) is 61.5 cm³/mol. The lowest BCUT2D eigenvalue weighted by Gasteiger charge is -2.20. The van der Waals surface area contributed by atoms with Gasteiger partial charge in [0.2, 0.25) is 0 Å². The molecule has 0 unspecified atom stereocenters. The summed E-state index contributed by atoms with van der Waals surface area (Å²) in [6.07, 6.45) is 3.75. The molecule has 3 heteroatoms. The molecule has 1 saturated heterocycles. The van der Waals surface area contributed by atoms with Crippen LogP contribution in [-0.2, 0) is 0 Å². The number of nitrogens with two attached hydrogens (primary N) is 1. The molecule has 2 N–H and O–H groups in total. The fourth-order valence-corrected chi connectivity index (χ4v) is 2.10. The van der Waals surface area contributed by atoms with Crippen molar-refractivity contribution in [2.45, 2.75) is 26.2 Å². The quantitative estimate of drug-likeness (QED) is 0.709. The first-order valence-corrected chi connectivity index (χ1v) is 6.01. The zero-order valence-electron chi connectivity index (χ0n) is 9.54. The van der Waals surface area contributed by atoms with E-state index < -0.39 is 0 Å². The van der Waals surface area contributed by atoms with Crippen LogP contribution in [0.5, 0.6) is 0 Å². The Hall–Kier alpha value is -0.120. The van der Waals surface area contributed by atoms with Crippen molar-refractivity contribution in [2.24, 2.45) is 5.73 Å². The summed E-state index contributed by atoms with van der Waals surface area (Å²) in [4.78, 5) is 5.14. The summed E-state index contributed by atoms with van der Waals surface area (Å²) < 4.78 is 0. The van der Waals surface area contributed by atoms with E-state index in [9.17, 15) is 0 Å². The van der Waals surface area contributed by atoms with E-state index in [4.69, 9.17) is 5.73 Å². The predicted octanol–water partition coefficient (Wildman–Crippen LogP) is 0.753. The van der Waals surface area contributed by atoms with E-state index in [0.717, 1.165) is 13.0 Å². The molecular weight excluding hydrogens is 174 g/mol. The third kappa shape index (κ3) is 4.40. The Labute approximate surface area is 88.2 Å². The van der Waals surface area contributed by atoms with Crippen molar-refractivity contribution < 1.29 is 0 Å². The van der Waals surface area contributed by atoms with Crippen molar-refractivity contribution in [2.75, 3.05) is 45.8 Å². The van der Waals surface area contributed by atoms with Gasteiger partial charge < -0.3 is 15.5 Å². The molecule has 1 heterocycles. The smallest absolute Gasteiger partial charge is 0.0109 e. The minimum Gasteiger partial charge on any atom is -0.330 e. The molecule has 0 spiro atoms. The van der Waals surface area contributed by atoms with Crippen LogP contribution in [0.4, 0.5) is 0 Å². The summed E-state index contributed by atoms with van der Waals surface area (Å²) >= 11 is 0. The van der Waals surface area contributed by atoms with Gasteiger partial charge in [0.1, 0.15) is 0 Å². The number of hydrogen-bond acceptors (Lipinski definition) is 3. The minimum absolute atomic E-state index is 0.829. The molecule has 0 aromatic carbocycles. The lowest BCUT2D eigenvalue weighted by molar-refractivity contribution is 0.256. The van der Waals surface area contributed by atoms with Crippen LogP contribution in [0.2, 0.25) is 0 Å². The molecule has 0 aliphatic carbocycles. The molecule has 0 bridgehead atoms. The molecule has 3 nitrogen and oxygen atoms in total. The van der Waals surface area contributed by atoms with E-state index in [-0.39, 0.29) is 0 Å². The highest BCUT2D eigenvalue weighted by Gasteiger charge is 2.12. The lowest BCUT2D eigenvalue weighted by atomic mass is 10.3. The highest BCUT2D eigenvalue weighted by Crippen LogP contribution is 2.03. The van der Waals surface area contributed by atoms with Gasteiger partial charge in [-0.25, -0.2) is 0 Å². The van der Waals surface area contributed by atoms with E-state index in [1.165, 1.54) is 52.1 Å². The normalized spacial score (nSPS) is 21.0. The average Bonchev–Trinajstić information content (AvgIpc) is 2.41. The van der Waals surface area contributed by atoms with Crippen LogP contribution < -0.4 is 5.73 Å². The summed E-state index contributed by atoms with van der Waals surface area (Å²) in [5.41, 5.74) is 5.52. The zero-order chi connectivity index (χ0) is 10.2. The Kier molecular flexibility index (Phi) is 6.15. The fraction of sp³-hybridized carbons (Fsp3) is 1.00. The van der Waals surface area contributed by atoms with Crippen LogP contribution in [0.3, 0.4) is 0 Å². The first-order chi connectivity index (χ1) is 6.86. The Morgan fingerprint density at radius 3 is 2.21 bits per heavy atom. The molecule has 1 aliphatic heterocycles. The minimum atomic E-state index is 0.829. The van der Waals surface area contributed by atoms with Crippen LogP contribution in [-0.4, -0.2) is 55.6 Å². The standard InChI is InChI=1S/C11H25N3/c1-2-6-13-8-4-9-14(11-10-13)7-3-5-12/h2-12H2,1H3. The summed E-state index contributed by atoms with van der Waals surface area (Å²) in [5.74, 6) is 0. The number of nitrogens with zero attached hydrogens (tertiary/aromatic N) is 2. The van der Waals surface area contributed by atoms with E-state index in [1.807, 2.05) is 0 Å². The lowest BCUT2D eigenvalue weighted by Crippen LogP contribution is -2.32. The molecule has 84 valence electrons. The van der Waals surface area contributed by atoms with Gasteiger partial charge in [-0.3, -0.25) is 0 Å². The molecule has 1 aliphatic rings. The topological polar surface area (TPSA) is 32.5 Å². The second kappa shape index (κ2) is 7.21. The molecule has 1 rings (SSSR count). The van der Waals surface area contributed by atoms with Crippen molar-refractivity contribution >= 4 is 0 Å². The van der Waals surface area contributed by atoms with Crippen molar-refractivity contribution in [1.82, 2.24) is 9.80 Å². The van der Waals surface area contributed by atoms with E-state index in [1.54, 1.807) is 0 Å². The van der Waals surface area contributed by atoms with Gasteiger partial charge in [-0.2, -0.15) is 0 Å². The maximum absolute atomic E-state index is 5.52. The van der Waals surface area contributed by atoms with Crippen LogP contribution in [0.25, 0.3) is 0 Å². The van der Waals surface area contributed by atoms with Gasteiger partial charge in [0.25, 0.3) is 0 Å². The number of hydrogen-bond donors (Lipinski definition) is 1. The van der Waals surface area contributed by atoms with Crippen molar-refractivity contribution in [3.63, 3.8) is 0 Å². The number of rotatable bonds is 5. The molecule has 0 aromatic rings. The Morgan fingerprint density at radius 2 is 1.64 bits per heavy atom. The van der Waals surface area contributed by atoms with Gasteiger partial charge in [-0.1, -0.05) is 6.92 Å². The summed E-state index contributed by atoms with van der Waals surface area (Å²) in [6, 6.07) is 0. The molecule has 14 heavy (non-hydrogen) atoms. The molecule has 0 saturated carbocycles. The van der Waals surface area contributed by atoms with E-state index >= 15 is 0 Å². The Morgan fingerprint density at radius 1 is 1.00 bits per heavy atom. The molecule has 1 fully saturated rings. The van der Waals surface area contributed by atoms with Gasteiger partial charge in [0, 0.05) is 13.1 Å². The van der Waals surface area contributed by atoms with Gasteiger partial charge >= 0.3 is 0 Å². The van der Waals surface area contributed by atoms with Crippen molar-refractivity contribution in [3.05, 3.63) is 0 Å². The molecular formula is C11H25N3. The second-order valence-electron chi connectivity index (χ2n) is 4.18. The zero-order valence-corrected chi connectivity index (χ0v) is 9.54. The Bertz CT molecular complexity index is 138. The highest BCUT2D eigenvalue weighted by atomic mass is 15.2. The third-order valence-corrected chi connectivity index (χ3v) is 2.90. The summed E-state index contributed by atoms with van der Waals surface area (Å²) in [7, 11) is 0. The van der Waals surface area contributed by atoms with Gasteiger partial charge in [0.15, 0.2) is 0 Å². The largest absolute Gasteiger partial charge is 0.330 e. The summed E-state index contributed by atoms with van der Waals surface area (Å²) in [5, 5.41) is 0. The highest BCUT2D eigenvalue weighted by molar-refractivity contribution is 4.69. The van der Waals surface area contributed by atoms with E-state index in [2.05, 4.69) is 16.7 Å². The molecule has 0 radical (unpaired) electrons. The summed E-state index contributed by atoms with van der Waals surface area (Å²) in [6.45, 7) is 10.6. The van der Waals surface area contributed by atoms with Crippen LogP contribution in [0.1, 0.15) is 26.2 Å². The van der Waals surface area contributed by atoms with Crippen LogP contribution in [0.15, 0.2) is 0 Å². The first kappa shape index (κ1) is 12.0. The second-order valence-corrected chi connectivity index (χ2v) is 4.18. The van der Waals surface area contributed by atoms with Gasteiger partial charge in [0.05, 0.1) is 0 Å². The van der Waals surface area contributed by atoms with Crippen LogP contribution >= 0.6 is 0 Å². The maximum atomic E-state index is 5.52. The first-order valence-electron chi connectivity index (χ1n) is 6.01. The molecule has 0 atom stereocenters. The Balaban J connectivity index is 2.19. The fourth-order valence-electron chi connectivity index (χ4n) is 2.10. The van der Waals surface area contributed by atoms with E-state index in [0.29, 0.717) is 0 Å². The van der Waals surface area contributed by atoms with Gasteiger partial charge in [-0.15, -0.1) is 0 Å². The van der Waals surface area contributed by atoms with Crippen molar-refractivity contribution in [1.29, 1.82) is 0 Å². The third-order valence-electron chi connectivity index (χ3n) is 2.90. The van der Waals surface area contributed by atoms with Gasteiger partial charge in [-0.05, 0) is 52.0 Å². The average molecular weight is 199 g/mol. The molecule has 0 amide bonds. The van der Waals surface area contributed by atoms with Crippen LogP contribution in [0, 0.1) is 0 Å². The monoisotopic (exact) mass is 199 g/mol. The van der Waals surface area contributed by atoms with Crippen molar-refractivity contribution in [3.8, 4) is 0 Å².